The van der Waals surface area contributed by atoms with Gasteiger partial charge in [0.15, 0.2) is 0 Å². The molecule has 0 aliphatic rings. The summed E-state index contributed by atoms with van der Waals surface area (Å²) in [6.45, 7) is 0. The van der Waals surface area contributed by atoms with Crippen LogP contribution < -0.4 is 4.74 Å². The van der Waals surface area contributed by atoms with Gasteiger partial charge in [0.2, 0.25) is 12.3 Å². The van der Waals surface area contributed by atoms with Gasteiger partial charge in [-0.2, -0.15) is 0 Å². The van der Waals surface area contributed by atoms with E-state index in [9.17, 15) is 4.79 Å². The predicted octanol–water partition coefficient (Wildman–Crippen LogP) is 4.19. The fourth-order valence-corrected chi connectivity index (χ4v) is 2.27. The van der Waals surface area contributed by atoms with Gasteiger partial charge in [0.25, 0.3) is 0 Å². The smallest absolute Gasteiger partial charge is 0.315 e. The molecule has 0 atom stereocenters. The number of carbonyl (C=O) groups excluding carboxylic acids is 1. The van der Waals surface area contributed by atoms with Crippen LogP contribution in [-0.4, -0.2) is 16.2 Å². The highest BCUT2D eigenvalue weighted by Crippen LogP contribution is 2.24. The second-order valence-electron chi connectivity index (χ2n) is 4.67. The Kier molecular flexibility index (Phi) is 4.60. The van der Waals surface area contributed by atoms with Crippen molar-refractivity contribution in [1.29, 1.82) is 0 Å². The molecule has 0 aliphatic carbocycles. The first-order valence-corrected chi connectivity index (χ1v) is 7.38. The molecule has 0 saturated carbocycles. The summed E-state index contributed by atoms with van der Waals surface area (Å²) < 4.78 is 10.4. The number of esters is 1. The fraction of sp³-hybridized carbons (Fsp3) is 0.0625. The lowest BCUT2D eigenvalue weighted by Gasteiger charge is -2.06. The normalized spacial score (nSPS) is 10.5. The molecule has 5 nitrogen and oxygen atoms in total. The number of rotatable bonds is 4. The highest BCUT2D eigenvalue weighted by atomic mass is 35.5. The highest BCUT2D eigenvalue weighted by molar-refractivity contribution is 6.42. The first kappa shape index (κ1) is 15.5. The maximum absolute atomic E-state index is 12.0. The third kappa shape index (κ3) is 3.88. The molecule has 116 valence electrons. The molecular formula is C16H10Cl2N2O3. The summed E-state index contributed by atoms with van der Waals surface area (Å²) >= 11 is 11.8. The zero-order valence-electron chi connectivity index (χ0n) is 11.7. The van der Waals surface area contributed by atoms with Crippen LogP contribution in [0.15, 0.2) is 53.3 Å². The van der Waals surface area contributed by atoms with Gasteiger partial charge < -0.3 is 9.15 Å². The van der Waals surface area contributed by atoms with Crippen LogP contribution in [0.4, 0.5) is 0 Å². The minimum atomic E-state index is -0.395. The zero-order valence-corrected chi connectivity index (χ0v) is 13.2. The molecule has 1 heterocycles. The summed E-state index contributed by atoms with van der Waals surface area (Å²) in [6.07, 6.45) is 1.35. The monoisotopic (exact) mass is 348 g/mol. The molecule has 1 aromatic heterocycles. The maximum atomic E-state index is 12.0. The summed E-state index contributed by atoms with van der Waals surface area (Å²) in [5.74, 6) is 0.436. The Morgan fingerprint density at radius 3 is 2.52 bits per heavy atom. The molecule has 0 fully saturated rings. The molecular weight excluding hydrogens is 339 g/mol. The molecule has 23 heavy (non-hydrogen) atoms. The highest BCUT2D eigenvalue weighted by Gasteiger charge is 2.09. The standard InChI is InChI=1S/C16H10Cl2N2O3/c17-13-6-1-10(7-14(13)18)8-15(21)23-12-4-2-11(3-5-12)16-20-19-9-22-16/h1-7,9H,8H2. The molecule has 0 aliphatic heterocycles. The van der Waals surface area contributed by atoms with Gasteiger partial charge in [0.05, 0.1) is 16.5 Å². The van der Waals surface area contributed by atoms with Crippen molar-refractivity contribution >= 4 is 29.2 Å². The molecule has 0 radical (unpaired) electrons. The van der Waals surface area contributed by atoms with E-state index < -0.39 is 5.97 Å². The van der Waals surface area contributed by atoms with Crippen molar-refractivity contribution in [2.75, 3.05) is 0 Å². The Hall–Kier alpha value is -2.37. The van der Waals surface area contributed by atoms with E-state index in [1.165, 1.54) is 6.39 Å². The van der Waals surface area contributed by atoms with Crippen LogP contribution in [0.5, 0.6) is 5.75 Å². The molecule has 0 unspecified atom stereocenters. The van der Waals surface area contributed by atoms with E-state index >= 15 is 0 Å². The molecule has 0 bridgehead atoms. The minimum Gasteiger partial charge on any atom is -0.426 e. The van der Waals surface area contributed by atoms with Crippen molar-refractivity contribution in [1.82, 2.24) is 10.2 Å². The number of halogens is 2. The Balaban J connectivity index is 1.64. The predicted molar refractivity (Wildman–Crippen MR) is 85.5 cm³/mol. The van der Waals surface area contributed by atoms with Crippen LogP contribution in [0, 0.1) is 0 Å². The average molecular weight is 349 g/mol. The SMILES string of the molecule is O=C(Cc1ccc(Cl)c(Cl)c1)Oc1ccc(-c2nnco2)cc1. The van der Waals surface area contributed by atoms with E-state index in [0.29, 0.717) is 21.7 Å². The van der Waals surface area contributed by atoms with Gasteiger partial charge in [-0.05, 0) is 42.0 Å². The lowest BCUT2D eigenvalue weighted by atomic mass is 10.1. The van der Waals surface area contributed by atoms with Crippen LogP contribution in [0.3, 0.4) is 0 Å². The van der Waals surface area contributed by atoms with Crippen molar-refractivity contribution in [3.8, 4) is 17.2 Å². The molecule has 0 spiro atoms. The molecule has 3 rings (SSSR count). The largest absolute Gasteiger partial charge is 0.426 e. The summed E-state index contributed by atoms with van der Waals surface area (Å²) in [5.41, 5.74) is 1.47. The summed E-state index contributed by atoms with van der Waals surface area (Å²) in [5, 5.41) is 8.26. The zero-order chi connectivity index (χ0) is 16.2. The summed E-state index contributed by atoms with van der Waals surface area (Å²) in [7, 11) is 0. The number of ether oxygens (including phenoxy) is 1. The molecule has 0 amide bonds. The topological polar surface area (TPSA) is 65.2 Å². The second kappa shape index (κ2) is 6.81. The third-order valence-electron chi connectivity index (χ3n) is 3.03. The molecule has 0 saturated heterocycles. The van der Waals surface area contributed by atoms with E-state index in [1.54, 1.807) is 42.5 Å². The van der Waals surface area contributed by atoms with Crippen molar-refractivity contribution in [2.45, 2.75) is 6.42 Å². The fourth-order valence-electron chi connectivity index (χ4n) is 1.95. The van der Waals surface area contributed by atoms with E-state index in [0.717, 1.165) is 11.1 Å². The van der Waals surface area contributed by atoms with Gasteiger partial charge in [-0.3, -0.25) is 4.79 Å². The van der Waals surface area contributed by atoms with Gasteiger partial charge in [-0.15, -0.1) is 10.2 Å². The lowest BCUT2D eigenvalue weighted by molar-refractivity contribution is -0.133. The van der Waals surface area contributed by atoms with Gasteiger partial charge in [0, 0.05) is 5.56 Å². The Labute approximate surface area is 141 Å². The minimum absolute atomic E-state index is 0.0995. The molecule has 3 aromatic rings. The van der Waals surface area contributed by atoms with Crippen LogP contribution in [0.1, 0.15) is 5.56 Å². The quantitative estimate of drug-likeness (QED) is 0.522. The van der Waals surface area contributed by atoms with Crippen LogP contribution in [0.25, 0.3) is 11.5 Å². The Morgan fingerprint density at radius 2 is 1.87 bits per heavy atom. The average Bonchev–Trinajstić information content (AvgIpc) is 3.06. The number of aromatic nitrogens is 2. The number of carbonyl (C=O) groups is 1. The summed E-state index contributed by atoms with van der Waals surface area (Å²) in [6, 6.07) is 11.8. The third-order valence-corrected chi connectivity index (χ3v) is 3.76. The van der Waals surface area contributed by atoms with Crippen LogP contribution in [-0.2, 0) is 11.2 Å². The van der Waals surface area contributed by atoms with Crippen LogP contribution in [0.2, 0.25) is 10.0 Å². The Morgan fingerprint density at radius 1 is 1.09 bits per heavy atom. The first-order chi connectivity index (χ1) is 11.1. The van der Waals surface area contributed by atoms with Gasteiger partial charge in [-0.1, -0.05) is 29.3 Å². The lowest BCUT2D eigenvalue weighted by Crippen LogP contribution is -2.11. The van der Waals surface area contributed by atoms with E-state index in [1.807, 2.05) is 0 Å². The van der Waals surface area contributed by atoms with E-state index in [2.05, 4.69) is 10.2 Å². The number of hydrogen-bond donors (Lipinski definition) is 0. The van der Waals surface area contributed by atoms with Gasteiger partial charge in [-0.25, -0.2) is 0 Å². The Bertz CT molecular complexity index is 818. The molecule has 7 heteroatoms. The second-order valence-corrected chi connectivity index (χ2v) is 5.48. The van der Waals surface area contributed by atoms with E-state index in [4.69, 9.17) is 32.4 Å². The summed E-state index contributed by atoms with van der Waals surface area (Å²) in [4.78, 5) is 12.0. The first-order valence-electron chi connectivity index (χ1n) is 6.63. The number of benzene rings is 2. The molecule has 0 N–H and O–H groups in total. The van der Waals surface area contributed by atoms with Gasteiger partial charge in [0.1, 0.15) is 5.75 Å². The van der Waals surface area contributed by atoms with Gasteiger partial charge >= 0.3 is 5.97 Å². The van der Waals surface area contributed by atoms with E-state index in [-0.39, 0.29) is 6.42 Å². The van der Waals surface area contributed by atoms with Crippen molar-refractivity contribution in [2.24, 2.45) is 0 Å². The van der Waals surface area contributed by atoms with Crippen LogP contribution >= 0.6 is 23.2 Å². The van der Waals surface area contributed by atoms with Crippen molar-refractivity contribution < 1.29 is 13.9 Å². The number of nitrogens with zero attached hydrogens (tertiary/aromatic N) is 2. The van der Waals surface area contributed by atoms with Crippen molar-refractivity contribution in [3.63, 3.8) is 0 Å². The number of hydrogen-bond acceptors (Lipinski definition) is 5. The molecule has 2 aromatic carbocycles. The maximum Gasteiger partial charge on any atom is 0.315 e. The van der Waals surface area contributed by atoms with Crippen molar-refractivity contribution in [3.05, 3.63) is 64.5 Å².